The van der Waals surface area contributed by atoms with Gasteiger partial charge in [-0.3, -0.25) is 4.79 Å². The van der Waals surface area contributed by atoms with Crippen LogP contribution in [0.5, 0.6) is 5.75 Å². The van der Waals surface area contributed by atoms with E-state index in [0.29, 0.717) is 29.4 Å². The Morgan fingerprint density at radius 2 is 1.86 bits per heavy atom. The standard InChI is InChI=1S/C20H16F3N3O3/c1-28-16-5-3-2-4-15(16)26-11-13(10-17(26)27)18-24-19(29-25-18)12-6-8-14(9-7-12)20(21,22)23/h2-9,13H,10-11H2,1H3. The summed E-state index contributed by atoms with van der Waals surface area (Å²) in [6.07, 6.45) is -4.21. The molecule has 1 saturated heterocycles. The Bertz CT molecular complexity index is 1030. The smallest absolute Gasteiger partial charge is 0.416 e. The molecule has 0 radical (unpaired) electrons. The number of rotatable bonds is 4. The lowest BCUT2D eigenvalue weighted by Gasteiger charge is -2.18. The van der Waals surface area contributed by atoms with Gasteiger partial charge in [0, 0.05) is 24.4 Å². The number of carbonyl (C=O) groups excluding carboxylic acids is 1. The Morgan fingerprint density at radius 1 is 1.14 bits per heavy atom. The molecule has 29 heavy (non-hydrogen) atoms. The molecule has 0 bridgehead atoms. The largest absolute Gasteiger partial charge is 0.495 e. The minimum atomic E-state index is -4.41. The van der Waals surface area contributed by atoms with Crippen LogP contribution in [0.25, 0.3) is 11.5 Å². The molecule has 1 aromatic heterocycles. The maximum atomic E-state index is 12.7. The Labute approximate surface area is 163 Å². The summed E-state index contributed by atoms with van der Waals surface area (Å²) >= 11 is 0. The third-order valence-electron chi connectivity index (χ3n) is 4.77. The molecule has 4 rings (SSSR count). The fourth-order valence-electron chi connectivity index (χ4n) is 3.29. The fourth-order valence-corrected chi connectivity index (χ4v) is 3.29. The number of aromatic nitrogens is 2. The molecule has 2 heterocycles. The molecular weight excluding hydrogens is 387 g/mol. The number of hydrogen-bond acceptors (Lipinski definition) is 5. The van der Waals surface area contributed by atoms with Crippen LogP contribution in [0.3, 0.4) is 0 Å². The lowest BCUT2D eigenvalue weighted by molar-refractivity contribution is -0.137. The third kappa shape index (κ3) is 3.67. The van der Waals surface area contributed by atoms with Crippen molar-refractivity contribution in [3.63, 3.8) is 0 Å². The van der Waals surface area contributed by atoms with E-state index in [0.717, 1.165) is 12.1 Å². The average Bonchev–Trinajstić information content (AvgIpc) is 3.34. The first-order valence-corrected chi connectivity index (χ1v) is 8.81. The van der Waals surface area contributed by atoms with E-state index in [1.165, 1.54) is 19.2 Å². The van der Waals surface area contributed by atoms with Gasteiger partial charge in [0.2, 0.25) is 5.91 Å². The lowest BCUT2D eigenvalue weighted by atomic mass is 10.1. The van der Waals surface area contributed by atoms with Gasteiger partial charge in [-0.05, 0) is 36.4 Å². The van der Waals surface area contributed by atoms with Crippen molar-refractivity contribution in [1.82, 2.24) is 10.1 Å². The van der Waals surface area contributed by atoms with Gasteiger partial charge in [-0.2, -0.15) is 18.2 Å². The van der Waals surface area contributed by atoms with E-state index < -0.39 is 11.7 Å². The van der Waals surface area contributed by atoms with E-state index in [4.69, 9.17) is 9.26 Å². The minimum absolute atomic E-state index is 0.0969. The van der Waals surface area contributed by atoms with Crippen molar-refractivity contribution in [2.45, 2.75) is 18.5 Å². The fraction of sp³-hybridized carbons (Fsp3) is 0.250. The molecule has 150 valence electrons. The summed E-state index contributed by atoms with van der Waals surface area (Å²) in [5.41, 5.74) is 0.284. The molecule has 1 atom stereocenters. The molecule has 0 N–H and O–H groups in total. The first-order valence-electron chi connectivity index (χ1n) is 8.81. The summed E-state index contributed by atoms with van der Waals surface area (Å²) in [5.74, 6) is 0.641. The second-order valence-corrected chi connectivity index (χ2v) is 6.61. The monoisotopic (exact) mass is 403 g/mol. The zero-order valence-electron chi connectivity index (χ0n) is 15.3. The molecule has 0 spiro atoms. The van der Waals surface area contributed by atoms with Crippen molar-refractivity contribution in [1.29, 1.82) is 0 Å². The van der Waals surface area contributed by atoms with Gasteiger partial charge >= 0.3 is 6.18 Å². The van der Waals surface area contributed by atoms with Crippen molar-refractivity contribution in [3.05, 3.63) is 59.9 Å². The Morgan fingerprint density at radius 3 is 2.55 bits per heavy atom. The van der Waals surface area contributed by atoms with E-state index in [1.54, 1.807) is 17.0 Å². The van der Waals surface area contributed by atoms with Crippen molar-refractivity contribution in [2.75, 3.05) is 18.6 Å². The Balaban J connectivity index is 1.54. The molecule has 1 amide bonds. The molecule has 0 aliphatic carbocycles. The van der Waals surface area contributed by atoms with Gasteiger partial charge in [0.05, 0.1) is 18.4 Å². The van der Waals surface area contributed by atoms with Crippen molar-refractivity contribution < 1.29 is 27.2 Å². The molecule has 1 fully saturated rings. The summed E-state index contributed by atoms with van der Waals surface area (Å²) in [6, 6.07) is 11.7. The topological polar surface area (TPSA) is 68.5 Å². The zero-order chi connectivity index (χ0) is 20.6. The maximum Gasteiger partial charge on any atom is 0.416 e. The highest BCUT2D eigenvalue weighted by Crippen LogP contribution is 2.36. The quantitative estimate of drug-likeness (QED) is 0.650. The maximum absolute atomic E-state index is 12.7. The number of nitrogens with zero attached hydrogens (tertiary/aromatic N) is 3. The molecular formula is C20H16F3N3O3. The predicted molar refractivity (Wildman–Crippen MR) is 97.4 cm³/mol. The summed E-state index contributed by atoms with van der Waals surface area (Å²) < 4.78 is 48.6. The average molecular weight is 403 g/mol. The van der Waals surface area contributed by atoms with E-state index >= 15 is 0 Å². The number of para-hydroxylation sites is 2. The third-order valence-corrected chi connectivity index (χ3v) is 4.77. The van der Waals surface area contributed by atoms with Crippen molar-refractivity contribution in [3.8, 4) is 17.2 Å². The normalized spacial score (nSPS) is 17.0. The van der Waals surface area contributed by atoms with Crippen LogP contribution in [0, 0.1) is 0 Å². The Hall–Kier alpha value is -3.36. The van der Waals surface area contributed by atoms with Gasteiger partial charge in [-0.25, -0.2) is 0 Å². The molecule has 3 aromatic rings. The van der Waals surface area contributed by atoms with Crippen LogP contribution < -0.4 is 9.64 Å². The highest BCUT2D eigenvalue weighted by Gasteiger charge is 2.36. The molecule has 6 nitrogen and oxygen atoms in total. The SMILES string of the molecule is COc1ccccc1N1CC(c2noc(-c3ccc(C(F)(F)F)cc3)n2)CC1=O. The summed E-state index contributed by atoms with van der Waals surface area (Å²) in [6.45, 7) is 0.352. The summed E-state index contributed by atoms with van der Waals surface area (Å²) in [4.78, 5) is 18.4. The number of methoxy groups -OCH3 is 1. The first-order chi connectivity index (χ1) is 13.9. The van der Waals surface area contributed by atoms with Gasteiger partial charge < -0.3 is 14.2 Å². The van der Waals surface area contributed by atoms with E-state index in [1.807, 2.05) is 12.1 Å². The molecule has 1 unspecified atom stereocenters. The van der Waals surface area contributed by atoms with Gasteiger partial charge in [-0.15, -0.1) is 0 Å². The second kappa shape index (κ2) is 7.23. The van der Waals surface area contributed by atoms with Crippen LogP contribution in [0.1, 0.15) is 23.7 Å². The highest BCUT2D eigenvalue weighted by atomic mass is 19.4. The highest BCUT2D eigenvalue weighted by molar-refractivity contribution is 5.97. The molecule has 1 aliphatic heterocycles. The van der Waals surface area contributed by atoms with Crippen LogP contribution in [0.4, 0.5) is 18.9 Å². The number of benzene rings is 2. The van der Waals surface area contributed by atoms with Gasteiger partial charge in [0.1, 0.15) is 5.75 Å². The molecule has 9 heteroatoms. The van der Waals surface area contributed by atoms with Crippen molar-refractivity contribution in [2.24, 2.45) is 0 Å². The van der Waals surface area contributed by atoms with Crippen LogP contribution in [-0.2, 0) is 11.0 Å². The zero-order valence-corrected chi connectivity index (χ0v) is 15.3. The number of amides is 1. The van der Waals surface area contributed by atoms with Gasteiger partial charge in [-0.1, -0.05) is 17.3 Å². The van der Waals surface area contributed by atoms with E-state index in [2.05, 4.69) is 10.1 Å². The number of ether oxygens (including phenoxy) is 1. The number of alkyl halides is 3. The van der Waals surface area contributed by atoms with Crippen LogP contribution in [-0.4, -0.2) is 29.7 Å². The second-order valence-electron chi connectivity index (χ2n) is 6.61. The molecule has 1 aliphatic rings. The lowest BCUT2D eigenvalue weighted by Crippen LogP contribution is -2.24. The van der Waals surface area contributed by atoms with Crippen LogP contribution in [0.2, 0.25) is 0 Å². The molecule has 0 saturated carbocycles. The van der Waals surface area contributed by atoms with Gasteiger partial charge in [0.25, 0.3) is 5.89 Å². The number of halogens is 3. The van der Waals surface area contributed by atoms with Crippen molar-refractivity contribution >= 4 is 11.6 Å². The summed E-state index contributed by atoms with van der Waals surface area (Å²) in [7, 11) is 1.53. The van der Waals surface area contributed by atoms with Crippen LogP contribution in [0.15, 0.2) is 53.1 Å². The number of carbonyl (C=O) groups is 1. The summed E-state index contributed by atoms with van der Waals surface area (Å²) in [5, 5.41) is 3.93. The predicted octanol–water partition coefficient (Wildman–Crippen LogP) is 4.28. The van der Waals surface area contributed by atoms with Gasteiger partial charge in [0.15, 0.2) is 5.82 Å². The van der Waals surface area contributed by atoms with E-state index in [-0.39, 0.29) is 24.1 Å². The van der Waals surface area contributed by atoms with E-state index in [9.17, 15) is 18.0 Å². The Kier molecular flexibility index (Phi) is 4.73. The number of hydrogen-bond donors (Lipinski definition) is 0. The van der Waals surface area contributed by atoms with Crippen LogP contribution >= 0.6 is 0 Å². The first kappa shape index (κ1) is 19.0. The number of anilines is 1. The molecule has 2 aromatic carbocycles. The minimum Gasteiger partial charge on any atom is -0.495 e.